The second kappa shape index (κ2) is 7.17. The fraction of sp³-hybridized carbons (Fsp3) is 0.118. The third-order valence-corrected chi connectivity index (χ3v) is 5.01. The summed E-state index contributed by atoms with van der Waals surface area (Å²) < 4.78 is 76.5. The molecule has 0 fully saturated rings. The molecule has 2 heterocycles. The van der Waals surface area contributed by atoms with E-state index in [1.54, 1.807) is 0 Å². The van der Waals surface area contributed by atoms with E-state index >= 15 is 0 Å². The van der Waals surface area contributed by atoms with Crippen molar-refractivity contribution >= 4 is 32.5 Å². The van der Waals surface area contributed by atoms with Gasteiger partial charge >= 0.3 is 6.18 Å². The number of benzene rings is 1. The van der Waals surface area contributed by atoms with E-state index in [1.807, 2.05) is 6.07 Å². The Balaban J connectivity index is 2.00. The standard InChI is InChI=1S/C17H10F4N4O3S/c18-14-10(2-1-3-13(14)25-29(27,28)8-17(19,20)21)15(26)12-7-24-16-11(12)4-9(5-22)6-23-16/h1-4,6-7,25H,8H2,(H,23,24). The largest absolute Gasteiger partial charge is 0.404 e. The van der Waals surface area contributed by atoms with Gasteiger partial charge in [0.2, 0.25) is 10.0 Å². The van der Waals surface area contributed by atoms with Gasteiger partial charge in [-0.05, 0) is 18.2 Å². The van der Waals surface area contributed by atoms with E-state index in [4.69, 9.17) is 5.26 Å². The maximum Gasteiger partial charge on any atom is 0.404 e. The van der Waals surface area contributed by atoms with Crippen LogP contribution in [-0.4, -0.2) is 36.1 Å². The summed E-state index contributed by atoms with van der Waals surface area (Å²) in [5, 5.41) is 9.19. The van der Waals surface area contributed by atoms with Crippen LogP contribution in [0.5, 0.6) is 0 Å². The van der Waals surface area contributed by atoms with Gasteiger partial charge in [0.1, 0.15) is 11.7 Å². The number of nitrogens with zero attached hydrogens (tertiary/aromatic N) is 2. The minimum Gasteiger partial charge on any atom is -0.345 e. The Morgan fingerprint density at radius 1 is 1.28 bits per heavy atom. The van der Waals surface area contributed by atoms with Crippen LogP contribution in [0.4, 0.5) is 23.2 Å². The summed E-state index contributed by atoms with van der Waals surface area (Å²) in [6.07, 6.45) is -2.52. The first-order valence-corrected chi connectivity index (χ1v) is 9.43. The predicted octanol–water partition coefficient (Wildman–Crippen LogP) is 3.11. The summed E-state index contributed by atoms with van der Waals surface area (Å²) in [5.41, 5.74) is -0.995. The Morgan fingerprint density at radius 3 is 2.66 bits per heavy atom. The molecular weight excluding hydrogens is 416 g/mol. The summed E-state index contributed by atoms with van der Waals surface area (Å²) in [6, 6.07) is 6.28. The molecule has 2 N–H and O–H groups in total. The lowest BCUT2D eigenvalue weighted by Gasteiger charge is -2.12. The molecule has 0 saturated heterocycles. The monoisotopic (exact) mass is 426 g/mol. The van der Waals surface area contributed by atoms with Crippen molar-refractivity contribution in [3.63, 3.8) is 0 Å². The highest BCUT2D eigenvalue weighted by atomic mass is 32.2. The maximum absolute atomic E-state index is 14.7. The minimum absolute atomic E-state index is 0.0428. The van der Waals surface area contributed by atoms with E-state index in [2.05, 4.69) is 9.97 Å². The molecule has 0 bridgehead atoms. The van der Waals surface area contributed by atoms with E-state index in [1.165, 1.54) is 23.2 Å². The first-order chi connectivity index (χ1) is 13.5. The van der Waals surface area contributed by atoms with E-state index in [-0.39, 0.29) is 22.2 Å². The molecule has 7 nitrogen and oxygen atoms in total. The van der Waals surface area contributed by atoms with Gasteiger partial charge in [-0.1, -0.05) is 6.07 Å². The van der Waals surface area contributed by atoms with Crippen LogP contribution in [0.25, 0.3) is 11.0 Å². The number of H-pyrrole nitrogens is 1. The van der Waals surface area contributed by atoms with Crippen LogP contribution in [0.15, 0.2) is 36.7 Å². The number of pyridine rings is 1. The molecule has 3 aromatic rings. The van der Waals surface area contributed by atoms with E-state index < -0.39 is 44.8 Å². The van der Waals surface area contributed by atoms with Gasteiger partial charge in [0.25, 0.3) is 0 Å². The Hall–Kier alpha value is -3.46. The Morgan fingerprint density at radius 2 is 2.00 bits per heavy atom. The third kappa shape index (κ3) is 4.35. The molecule has 0 unspecified atom stereocenters. The number of halogens is 4. The van der Waals surface area contributed by atoms with Gasteiger partial charge in [0.15, 0.2) is 17.4 Å². The van der Waals surface area contributed by atoms with Gasteiger partial charge < -0.3 is 4.98 Å². The zero-order valence-electron chi connectivity index (χ0n) is 14.2. The number of nitrogens with one attached hydrogen (secondary N) is 2. The average molecular weight is 426 g/mol. The molecule has 2 aromatic heterocycles. The number of nitriles is 1. The molecule has 150 valence electrons. The Kier molecular flexibility index (Phi) is 5.02. The molecule has 0 spiro atoms. The number of ketones is 1. The number of alkyl halides is 3. The van der Waals surface area contributed by atoms with Crippen LogP contribution in [0, 0.1) is 17.1 Å². The van der Waals surface area contributed by atoms with Crippen molar-refractivity contribution in [3.05, 3.63) is 59.2 Å². The third-order valence-electron chi connectivity index (χ3n) is 3.77. The molecule has 0 aliphatic heterocycles. The molecule has 0 atom stereocenters. The fourth-order valence-corrected chi connectivity index (χ4v) is 3.60. The van der Waals surface area contributed by atoms with Crippen LogP contribution in [0.3, 0.4) is 0 Å². The van der Waals surface area contributed by atoms with Gasteiger partial charge in [-0.25, -0.2) is 17.8 Å². The topological polar surface area (TPSA) is 116 Å². The highest BCUT2D eigenvalue weighted by molar-refractivity contribution is 7.92. The number of anilines is 1. The molecular formula is C17H10F4N4O3S. The lowest BCUT2D eigenvalue weighted by atomic mass is 10.0. The van der Waals surface area contributed by atoms with Crippen LogP contribution >= 0.6 is 0 Å². The molecule has 0 amide bonds. The first-order valence-electron chi connectivity index (χ1n) is 7.78. The highest BCUT2D eigenvalue weighted by Crippen LogP contribution is 2.26. The van der Waals surface area contributed by atoms with Gasteiger partial charge in [-0.15, -0.1) is 0 Å². The Labute approximate surface area is 161 Å². The molecule has 0 radical (unpaired) electrons. The summed E-state index contributed by atoms with van der Waals surface area (Å²) in [4.78, 5) is 19.4. The molecule has 0 aliphatic rings. The Bertz CT molecular complexity index is 1260. The number of hydrogen-bond donors (Lipinski definition) is 2. The quantitative estimate of drug-likeness (QED) is 0.481. The van der Waals surface area contributed by atoms with Gasteiger partial charge in [0, 0.05) is 23.3 Å². The van der Waals surface area contributed by atoms with Crippen molar-refractivity contribution in [1.29, 1.82) is 5.26 Å². The first kappa shape index (κ1) is 20.3. The van der Waals surface area contributed by atoms with Crippen LogP contribution in [0.2, 0.25) is 0 Å². The second-order valence-corrected chi connectivity index (χ2v) is 7.63. The normalized spacial score (nSPS) is 12.0. The summed E-state index contributed by atoms with van der Waals surface area (Å²) in [6.45, 7) is 0. The second-order valence-electron chi connectivity index (χ2n) is 5.91. The predicted molar refractivity (Wildman–Crippen MR) is 94.1 cm³/mol. The van der Waals surface area contributed by atoms with Crippen molar-refractivity contribution in [3.8, 4) is 6.07 Å². The van der Waals surface area contributed by atoms with Crippen LogP contribution in [-0.2, 0) is 10.0 Å². The molecule has 29 heavy (non-hydrogen) atoms. The average Bonchev–Trinajstić information content (AvgIpc) is 3.03. The number of hydrogen-bond acceptors (Lipinski definition) is 5. The van der Waals surface area contributed by atoms with Crippen LogP contribution in [0.1, 0.15) is 21.5 Å². The van der Waals surface area contributed by atoms with Crippen molar-refractivity contribution in [2.45, 2.75) is 6.18 Å². The fourth-order valence-electron chi connectivity index (χ4n) is 2.60. The van der Waals surface area contributed by atoms with Crippen molar-refractivity contribution in [1.82, 2.24) is 9.97 Å². The number of rotatable bonds is 5. The van der Waals surface area contributed by atoms with E-state index in [0.29, 0.717) is 0 Å². The lowest BCUT2D eigenvalue weighted by molar-refractivity contribution is -0.106. The van der Waals surface area contributed by atoms with Crippen molar-refractivity contribution in [2.75, 3.05) is 10.5 Å². The molecule has 0 saturated carbocycles. The number of aromatic amines is 1. The van der Waals surface area contributed by atoms with Crippen molar-refractivity contribution < 1.29 is 30.8 Å². The number of sulfonamides is 1. The lowest BCUT2D eigenvalue weighted by Crippen LogP contribution is -2.28. The van der Waals surface area contributed by atoms with Crippen LogP contribution < -0.4 is 4.72 Å². The SMILES string of the molecule is N#Cc1cnc2[nH]cc(C(=O)c3cccc(NS(=O)(=O)CC(F)(F)F)c3F)c2c1. The summed E-state index contributed by atoms with van der Waals surface area (Å²) in [7, 11) is -4.93. The molecule has 0 aliphatic carbocycles. The number of carbonyl (C=O) groups excluding carboxylic acids is 1. The zero-order valence-corrected chi connectivity index (χ0v) is 15.0. The smallest absolute Gasteiger partial charge is 0.345 e. The molecule has 12 heteroatoms. The van der Waals surface area contributed by atoms with E-state index in [9.17, 15) is 30.8 Å². The van der Waals surface area contributed by atoms with E-state index in [0.717, 1.165) is 18.2 Å². The zero-order chi connectivity index (χ0) is 21.4. The van der Waals surface area contributed by atoms with Crippen molar-refractivity contribution in [2.24, 2.45) is 0 Å². The number of aromatic nitrogens is 2. The molecule has 1 aromatic carbocycles. The molecule has 3 rings (SSSR count). The summed E-state index contributed by atoms with van der Waals surface area (Å²) >= 11 is 0. The highest BCUT2D eigenvalue weighted by Gasteiger charge is 2.35. The summed E-state index contributed by atoms with van der Waals surface area (Å²) in [5.74, 6) is -4.41. The van der Waals surface area contributed by atoms with Gasteiger partial charge in [0.05, 0.1) is 16.8 Å². The van der Waals surface area contributed by atoms with Gasteiger partial charge in [-0.3, -0.25) is 9.52 Å². The maximum atomic E-state index is 14.7. The minimum atomic E-state index is -5.02. The van der Waals surface area contributed by atoms with Gasteiger partial charge in [-0.2, -0.15) is 18.4 Å². The number of fused-ring (bicyclic) bond motifs is 1. The number of carbonyl (C=O) groups is 1.